The van der Waals surface area contributed by atoms with Gasteiger partial charge in [-0.05, 0) is 19.3 Å². The maximum Gasteiger partial charge on any atom is 0.323 e. The van der Waals surface area contributed by atoms with Crippen molar-refractivity contribution in [3.8, 4) is 6.01 Å². The zero-order chi connectivity index (χ0) is 13.9. The van der Waals surface area contributed by atoms with Gasteiger partial charge in [0.1, 0.15) is 0 Å². The van der Waals surface area contributed by atoms with E-state index in [-0.39, 0.29) is 18.6 Å². The van der Waals surface area contributed by atoms with Gasteiger partial charge < -0.3 is 20.9 Å². The number of aliphatic hydroxyl groups excluding tert-OH is 1. The second-order valence-corrected chi connectivity index (χ2v) is 4.21. The SMILES string of the molecule is CCCOc1nc(N)nc(NCCCCCCO)n1. The maximum atomic E-state index is 8.66. The molecule has 0 unspecified atom stereocenters. The lowest BCUT2D eigenvalue weighted by molar-refractivity contribution is 0.283. The molecule has 1 heterocycles. The molecular formula is C12H23N5O2. The van der Waals surface area contributed by atoms with Crippen LogP contribution < -0.4 is 15.8 Å². The van der Waals surface area contributed by atoms with Crippen LogP contribution in [0.5, 0.6) is 6.01 Å². The van der Waals surface area contributed by atoms with Crippen molar-refractivity contribution in [1.29, 1.82) is 0 Å². The van der Waals surface area contributed by atoms with Crippen molar-refractivity contribution in [1.82, 2.24) is 15.0 Å². The number of hydrogen-bond acceptors (Lipinski definition) is 7. The monoisotopic (exact) mass is 269 g/mol. The summed E-state index contributed by atoms with van der Waals surface area (Å²) in [6.45, 7) is 3.60. The standard InChI is InChI=1S/C12H23N5O2/c1-2-9-19-12-16-10(13)15-11(17-12)14-7-5-3-4-6-8-18/h18H,2-9H2,1H3,(H3,13,14,15,16,17). The molecule has 0 radical (unpaired) electrons. The molecule has 0 amide bonds. The Hall–Kier alpha value is -1.63. The molecule has 0 fully saturated rings. The lowest BCUT2D eigenvalue weighted by Gasteiger charge is -2.07. The lowest BCUT2D eigenvalue weighted by atomic mass is 10.2. The molecule has 0 atom stereocenters. The minimum Gasteiger partial charge on any atom is -0.463 e. The lowest BCUT2D eigenvalue weighted by Crippen LogP contribution is -2.10. The summed E-state index contributed by atoms with van der Waals surface area (Å²) >= 11 is 0. The van der Waals surface area contributed by atoms with Crippen LogP contribution in [0.2, 0.25) is 0 Å². The topological polar surface area (TPSA) is 106 Å². The summed E-state index contributed by atoms with van der Waals surface area (Å²) in [5, 5.41) is 11.8. The van der Waals surface area contributed by atoms with Gasteiger partial charge in [0, 0.05) is 13.2 Å². The minimum atomic E-state index is 0.156. The van der Waals surface area contributed by atoms with Crippen LogP contribution in [0.25, 0.3) is 0 Å². The van der Waals surface area contributed by atoms with Crippen LogP contribution in [0.15, 0.2) is 0 Å². The summed E-state index contributed by atoms with van der Waals surface area (Å²) in [5.41, 5.74) is 5.59. The van der Waals surface area contributed by atoms with E-state index in [0.29, 0.717) is 12.6 Å². The van der Waals surface area contributed by atoms with E-state index >= 15 is 0 Å². The Kier molecular flexibility index (Phi) is 7.57. The highest BCUT2D eigenvalue weighted by atomic mass is 16.5. The third-order valence-electron chi connectivity index (χ3n) is 2.44. The smallest absolute Gasteiger partial charge is 0.323 e. The molecule has 1 rings (SSSR count). The molecule has 0 aliphatic heterocycles. The van der Waals surface area contributed by atoms with E-state index in [0.717, 1.165) is 38.6 Å². The van der Waals surface area contributed by atoms with Gasteiger partial charge in [-0.25, -0.2) is 0 Å². The van der Waals surface area contributed by atoms with Gasteiger partial charge in [0.25, 0.3) is 0 Å². The van der Waals surface area contributed by atoms with E-state index in [1.54, 1.807) is 0 Å². The summed E-state index contributed by atoms with van der Waals surface area (Å²) in [6, 6.07) is 0.261. The fraction of sp³-hybridized carbons (Fsp3) is 0.750. The summed E-state index contributed by atoms with van der Waals surface area (Å²) in [7, 11) is 0. The summed E-state index contributed by atoms with van der Waals surface area (Å²) in [6.07, 6.45) is 4.83. The minimum absolute atomic E-state index is 0.156. The normalized spacial score (nSPS) is 10.4. The summed E-state index contributed by atoms with van der Waals surface area (Å²) in [5.74, 6) is 0.602. The number of rotatable bonds is 10. The Balaban J connectivity index is 2.34. The Morgan fingerprint density at radius 2 is 1.95 bits per heavy atom. The van der Waals surface area contributed by atoms with Gasteiger partial charge in [-0.3, -0.25) is 0 Å². The molecule has 0 bridgehead atoms. The zero-order valence-electron chi connectivity index (χ0n) is 11.4. The van der Waals surface area contributed by atoms with Crippen LogP contribution in [0, 0.1) is 0 Å². The molecule has 0 aromatic carbocycles. The number of aromatic nitrogens is 3. The molecule has 19 heavy (non-hydrogen) atoms. The highest BCUT2D eigenvalue weighted by molar-refractivity contribution is 5.32. The number of anilines is 2. The zero-order valence-corrected chi connectivity index (χ0v) is 11.4. The van der Waals surface area contributed by atoms with Gasteiger partial charge in [0.2, 0.25) is 11.9 Å². The number of aliphatic hydroxyl groups is 1. The van der Waals surface area contributed by atoms with Crippen molar-refractivity contribution < 1.29 is 9.84 Å². The Labute approximate surface area is 113 Å². The molecular weight excluding hydrogens is 246 g/mol. The molecule has 0 saturated carbocycles. The number of nitrogens with zero attached hydrogens (tertiary/aromatic N) is 3. The highest BCUT2D eigenvalue weighted by Gasteiger charge is 2.04. The number of nitrogen functional groups attached to an aromatic ring is 1. The second-order valence-electron chi connectivity index (χ2n) is 4.21. The fourth-order valence-corrected chi connectivity index (χ4v) is 1.50. The molecule has 7 nitrogen and oxygen atoms in total. The summed E-state index contributed by atoms with van der Waals surface area (Å²) in [4.78, 5) is 12.0. The molecule has 0 saturated heterocycles. The van der Waals surface area contributed by atoms with Gasteiger partial charge in [0.05, 0.1) is 6.61 Å². The van der Waals surface area contributed by atoms with Gasteiger partial charge >= 0.3 is 6.01 Å². The van der Waals surface area contributed by atoms with Crippen LogP contribution in [0.3, 0.4) is 0 Å². The van der Waals surface area contributed by atoms with E-state index in [1.807, 2.05) is 6.92 Å². The molecule has 0 aliphatic rings. The molecule has 7 heteroatoms. The van der Waals surface area contributed by atoms with Crippen molar-refractivity contribution in [3.05, 3.63) is 0 Å². The van der Waals surface area contributed by atoms with Crippen LogP contribution in [0.1, 0.15) is 39.0 Å². The van der Waals surface area contributed by atoms with Crippen LogP contribution in [-0.4, -0.2) is 39.8 Å². The van der Waals surface area contributed by atoms with Crippen LogP contribution in [0.4, 0.5) is 11.9 Å². The predicted molar refractivity (Wildman–Crippen MR) is 74.1 cm³/mol. The highest BCUT2D eigenvalue weighted by Crippen LogP contribution is 2.09. The van der Waals surface area contributed by atoms with E-state index in [4.69, 9.17) is 15.6 Å². The second kappa shape index (κ2) is 9.32. The van der Waals surface area contributed by atoms with Crippen LogP contribution in [-0.2, 0) is 0 Å². The molecule has 0 spiro atoms. The predicted octanol–water partition coefficient (Wildman–Crippen LogP) is 1.21. The van der Waals surface area contributed by atoms with Gasteiger partial charge in [0.15, 0.2) is 0 Å². The Bertz CT molecular complexity index is 362. The average molecular weight is 269 g/mol. The summed E-state index contributed by atoms with van der Waals surface area (Å²) < 4.78 is 5.33. The third-order valence-corrected chi connectivity index (χ3v) is 2.44. The third kappa shape index (κ3) is 6.76. The van der Waals surface area contributed by atoms with E-state index in [9.17, 15) is 0 Å². The largest absolute Gasteiger partial charge is 0.463 e. The molecule has 108 valence electrons. The van der Waals surface area contributed by atoms with Gasteiger partial charge in [-0.15, -0.1) is 0 Å². The molecule has 1 aromatic heterocycles. The van der Waals surface area contributed by atoms with E-state index in [2.05, 4.69) is 20.3 Å². The van der Waals surface area contributed by atoms with E-state index < -0.39 is 0 Å². The first-order valence-electron chi connectivity index (χ1n) is 6.75. The van der Waals surface area contributed by atoms with Crippen molar-refractivity contribution in [2.24, 2.45) is 0 Å². The number of nitrogens with one attached hydrogen (secondary N) is 1. The van der Waals surface area contributed by atoms with Crippen molar-refractivity contribution in [2.75, 3.05) is 30.8 Å². The van der Waals surface area contributed by atoms with Crippen molar-refractivity contribution >= 4 is 11.9 Å². The van der Waals surface area contributed by atoms with Gasteiger partial charge in [-0.1, -0.05) is 19.8 Å². The first kappa shape index (κ1) is 15.4. The Morgan fingerprint density at radius 1 is 1.16 bits per heavy atom. The maximum absolute atomic E-state index is 8.66. The van der Waals surface area contributed by atoms with Gasteiger partial charge in [-0.2, -0.15) is 15.0 Å². The first-order chi connectivity index (χ1) is 9.26. The number of unbranched alkanes of at least 4 members (excludes halogenated alkanes) is 3. The molecule has 4 N–H and O–H groups in total. The Morgan fingerprint density at radius 3 is 2.68 bits per heavy atom. The first-order valence-corrected chi connectivity index (χ1v) is 6.75. The van der Waals surface area contributed by atoms with Crippen LogP contribution >= 0.6 is 0 Å². The van der Waals surface area contributed by atoms with E-state index in [1.165, 1.54) is 0 Å². The number of nitrogens with two attached hydrogens (primary N) is 1. The molecule has 0 aliphatic carbocycles. The number of ether oxygens (including phenoxy) is 1. The van der Waals surface area contributed by atoms with Crippen molar-refractivity contribution in [2.45, 2.75) is 39.0 Å². The average Bonchev–Trinajstić information content (AvgIpc) is 2.40. The number of hydrogen-bond donors (Lipinski definition) is 3. The molecule has 1 aromatic rings. The quantitative estimate of drug-likeness (QED) is 0.548. The fourth-order valence-electron chi connectivity index (χ4n) is 1.50. The van der Waals surface area contributed by atoms with Crippen molar-refractivity contribution in [3.63, 3.8) is 0 Å².